The lowest BCUT2D eigenvalue weighted by atomic mass is 10.0. The number of piperazine rings is 1. The van der Waals surface area contributed by atoms with Crippen molar-refractivity contribution < 1.29 is 9.59 Å². The molecule has 1 unspecified atom stereocenters. The Balaban J connectivity index is 1.88. The van der Waals surface area contributed by atoms with Gasteiger partial charge in [0.25, 0.3) is 5.91 Å². The predicted octanol–water partition coefficient (Wildman–Crippen LogP) is 1.28. The van der Waals surface area contributed by atoms with Gasteiger partial charge in [0.1, 0.15) is 17.6 Å². The van der Waals surface area contributed by atoms with Crippen molar-refractivity contribution in [3.8, 4) is 0 Å². The molecule has 3 rings (SSSR count). The minimum atomic E-state index is -0.524. The Hall–Kier alpha value is -2.76. The first-order valence-electron chi connectivity index (χ1n) is 7.99. The van der Waals surface area contributed by atoms with E-state index in [1.54, 1.807) is 17.9 Å². The molecule has 1 aromatic heterocycles. The van der Waals surface area contributed by atoms with E-state index in [1.165, 1.54) is 0 Å². The fourth-order valence-corrected chi connectivity index (χ4v) is 2.97. The number of aryl methyl sites for hydroxylation is 2. The summed E-state index contributed by atoms with van der Waals surface area (Å²) in [4.78, 5) is 35.3. The molecular formula is C18H20N4O2. The van der Waals surface area contributed by atoms with Gasteiger partial charge in [0.15, 0.2) is 0 Å². The first-order chi connectivity index (χ1) is 11.5. The van der Waals surface area contributed by atoms with Crippen LogP contribution in [0.1, 0.15) is 27.6 Å². The maximum absolute atomic E-state index is 12.9. The van der Waals surface area contributed by atoms with Crippen molar-refractivity contribution >= 4 is 11.8 Å². The Bertz CT molecular complexity index is 741. The number of nitrogens with one attached hydrogen (secondary N) is 1. The van der Waals surface area contributed by atoms with Crippen molar-refractivity contribution in [2.45, 2.75) is 26.3 Å². The molecule has 2 aromatic rings. The van der Waals surface area contributed by atoms with Gasteiger partial charge in [-0.2, -0.15) is 0 Å². The molecule has 1 aliphatic rings. The third kappa shape index (κ3) is 3.42. The van der Waals surface area contributed by atoms with Crippen molar-refractivity contribution in [1.29, 1.82) is 0 Å². The van der Waals surface area contributed by atoms with Gasteiger partial charge in [-0.1, -0.05) is 30.3 Å². The minimum absolute atomic E-state index is 0.124. The van der Waals surface area contributed by atoms with Crippen LogP contribution in [0.2, 0.25) is 0 Å². The van der Waals surface area contributed by atoms with Gasteiger partial charge in [0.2, 0.25) is 5.91 Å². The Morgan fingerprint density at radius 3 is 2.71 bits per heavy atom. The molecule has 2 amide bonds. The van der Waals surface area contributed by atoms with Gasteiger partial charge in [-0.15, -0.1) is 0 Å². The van der Waals surface area contributed by atoms with Gasteiger partial charge in [-0.3, -0.25) is 9.59 Å². The van der Waals surface area contributed by atoms with Gasteiger partial charge in [-0.05, 0) is 25.5 Å². The highest BCUT2D eigenvalue weighted by molar-refractivity contribution is 5.97. The molecule has 1 saturated heterocycles. The zero-order valence-corrected chi connectivity index (χ0v) is 13.8. The maximum atomic E-state index is 12.9. The number of hydrogen-bond acceptors (Lipinski definition) is 4. The standard InChI is InChI=1S/C18H20N4O2/c1-12-10-15(21-13(2)20-12)18(24)22-9-8-19-17(23)16(22)11-14-6-4-3-5-7-14/h3-7,10,16H,8-9,11H2,1-2H3,(H,19,23). The highest BCUT2D eigenvalue weighted by atomic mass is 16.2. The number of amides is 2. The van der Waals surface area contributed by atoms with Crippen LogP contribution < -0.4 is 5.32 Å². The monoisotopic (exact) mass is 324 g/mol. The summed E-state index contributed by atoms with van der Waals surface area (Å²) in [6.45, 7) is 4.52. The fourth-order valence-electron chi connectivity index (χ4n) is 2.97. The van der Waals surface area contributed by atoms with Crippen LogP contribution in [0.4, 0.5) is 0 Å². The molecule has 1 aliphatic heterocycles. The fraction of sp³-hybridized carbons (Fsp3) is 0.333. The first-order valence-corrected chi connectivity index (χ1v) is 7.99. The van der Waals surface area contributed by atoms with Gasteiger partial charge in [0.05, 0.1) is 0 Å². The van der Waals surface area contributed by atoms with E-state index in [-0.39, 0.29) is 11.8 Å². The quantitative estimate of drug-likeness (QED) is 0.923. The van der Waals surface area contributed by atoms with Crippen LogP contribution in [-0.2, 0) is 11.2 Å². The molecule has 1 N–H and O–H groups in total. The van der Waals surface area contributed by atoms with Gasteiger partial charge >= 0.3 is 0 Å². The van der Waals surface area contributed by atoms with E-state index >= 15 is 0 Å². The molecule has 0 spiro atoms. The summed E-state index contributed by atoms with van der Waals surface area (Å²) in [6.07, 6.45) is 0.488. The molecule has 2 heterocycles. The summed E-state index contributed by atoms with van der Waals surface area (Å²) >= 11 is 0. The number of aromatic nitrogens is 2. The summed E-state index contributed by atoms with van der Waals surface area (Å²) in [6, 6.07) is 10.9. The van der Waals surface area contributed by atoms with Gasteiger partial charge < -0.3 is 10.2 Å². The van der Waals surface area contributed by atoms with Crippen molar-refractivity contribution in [1.82, 2.24) is 20.2 Å². The topological polar surface area (TPSA) is 75.2 Å². The Kier molecular flexibility index (Phi) is 4.55. The summed E-state index contributed by atoms with van der Waals surface area (Å²) < 4.78 is 0. The molecule has 0 saturated carbocycles. The number of carbonyl (C=O) groups excluding carboxylic acids is 2. The third-order valence-electron chi connectivity index (χ3n) is 4.05. The number of carbonyl (C=O) groups is 2. The summed E-state index contributed by atoms with van der Waals surface area (Å²) in [5.74, 6) is 0.208. The Morgan fingerprint density at radius 2 is 2.00 bits per heavy atom. The van der Waals surface area contributed by atoms with Crippen LogP contribution in [0.15, 0.2) is 36.4 Å². The molecule has 124 valence electrons. The number of nitrogens with zero attached hydrogens (tertiary/aromatic N) is 3. The molecule has 1 fully saturated rings. The zero-order chi connectivity index (χ0) is 17.1. The van der Waals surface area contributed by atoms with Crippen LogP contribution in [0.25, 0.3) is 0 Å². The van der Waals surface area contributed by atoms with Crippen molar-refractivity contribution in [3.63, 3.8) is 0 Å². The average molecular weight is 324 g/mol. The van der Waals surface area contributed by atoms with Gasteiger partial charge in [0, 0.05) is 25.2 Å². The average Bonchev–Trinajstić information content (AvgIpc) is 2.56. The van der Waals surface area contributed by atoms with E-state index in [0.29, 0.717) is 31.0 Å². The summed E-state index contributed by atoms with van der Waals surface area (Å²) in [7, 11) is 0. The normalized spacial score (nSPS) is 17.5. The maximum Gasteiger partial charge on any atom is 0.273 e. The third-order valence-corrected chi connectivity index (χ3v) is 4.05. The summed E-state index contributed by atoms with van der Waals surface area (Å²) in [5, 5.41) is 2.85. The van der Waals surface area contributed by atoms with Gasteiger partial charge in [-0.25, -0.2) is 9.97 Å². The minimum Gasteiger partial charge on any atom is -0.353 e. The zero-order valence-electron chi connectivity index (χ0n) is 13.8. The molecule has 1 atom stereocenters. The predicted molar refractivity (Wildman–Crippen MR) is 89.5 cm³/mol. The second-order valence-corrected chi connectivity index (χ2v) is 5.94. The van der Waals surface area contributed by atoms with Crippen molar-refractivity contribution in [2.75, 3.05) is 13.1 Å². The van der Waals surface area contributed by atoms with E-state index < -0.39 is 6.04 Å². The van der Waals surface area contributed by atoms with Crippen LogP contribution in [0.5, 0.6) is 0 Å². The number of benzene rings is 1. The second kappa shape index (κ2) is 6.78. The van der Waals surface area contributed by atoms with E-state index in [4.69, 9.17) is 0 Å². The van der Waals surface area contributed by atoms with Crippen molar-refractivity contribution in [3.05, 3.63) is 59.2 Å². The van der Waals surface area contributed by atoms with E-state index in [2.05, 4.69) is 15.3 Å². The first kappa shape index (κ1) is 16.1. The SMILES string of the molecule is Cc1cc(C(=O)N2CCNC(=O)C2Cc2ccccc2)nc(C)n1. The van der Waals surface area contributed by atoms with Crippen LogP contribution in [0.3, 0.4) is 0 Å². The second-order valence-electron chi connectivity index (χ2n) is 5.94. The lowest BCUT2D eigenvalue weighted by Crippen LogP contribution is -2.58. The molecule has 1 aromatic carbocycles. The van der Waals surface area contributed by atoms with Crippen LogP contribution in [0, 0.1) is 13.8 Å². The molecule has 6 heteroatoms. The highest BCUT2D eigenvalue weighted by Gasteiger charge is 2.34. The molecule has 0 radical (unpaired) electrons. The van der Waals surface area contributed by atoms with E-state index in [1.807, 2.05) is 37.3 Å². The number of rotatable bonds is 3. The Labute approximate surface area is 140 Å². The van der Waals surface area contributed by atoms with Crippen LogP contribution in [-0.4, -0.2) is 45.8 Å². The molecule has 0 bridgehead atoms. The van der Waals surface area contributed by atoms with E-state index in [9.17, 15) is 9.59 Å². The largest absolute Gasteiger partial charge is 0.353 e. The van der Waals surface area contributed by atoms with Crippen LogP contribution >= 0.6 is 0 Å². The smallest absolute Gasteiger partial charge is 0.273 e. The number of hydrogen-bond donors (Lipinski definition) is 1. The Morgan fingerprint density at radius 1 is 1.25 bits per heavy atom. The molecular weight excluding hydrogens is 304 g/mol. The molecule has 0 aliphatic carbocycles. The lowest BCUT2D eigenvalue weighted by Gasteiger charge is -2.35. The molecule has 24 heavy (non-hydrogen) atoms. The lowest BCUT2D eigenvalue weighted by molar-refractivity contribution is -0.127. The highest BCUT2D eigenvalue weighted by Crippen LogP contribution is 2.15. The molecule has 6 nitrogen and oxygen atoms in total. The van der Waals surface area contributed by atoms with Crippen molar-refractivity contribution in [2.24, 2.45) is 0 Å². The summed E-state index contributed by atoms with van der Waals surface area (Å²) in [5.41, 5.74) is 2.10. The van der Waals surface area contributed by atoms with E-state index in [0.717, 1.165) is 11.3 Å².